The number of halogens is 1. The minimum absolute atomic E-state index is 0.226. The largest absolute Gasteiger partial charge is 0.487 e. The van der Waals surface area contributed by atoms with Crippen molar-refractivity contribution in [3.63, 3.8) is 0 Å². The highest BCUT2D eigenvalue weighted by atomic mass is 35.5. The van der Waals surface area contributed by atoms with Gasteiger partial charge in [0.25, 0.3) is 0 Å². The summed E-state index contributed by atoms with van der Waals surface area (Å²) in [6, 6.07) is 15.6. The van der Waals surface area contributed by atoms with Crippen molar-refractivity contribution in [3.05, 3.63) is 59.1 Å². The molecule has 2 aromatic carbocycles. The molecule has 2 aliphatic rings. The fourth-order valence-corrected chi connectivity index (χ4v) is 4.16. The summed E-state index contributed by atoms with van der Waals surface area (Å²) >= 11 is 6.33. The van der Waals surface area contributed by atoms with E-state index in [-0.39, 0.29) is 5.96 Å². The molecule has 7 heteroatoms. The molecule has 2 aromatic rings. The van der Waals surface area contributed by atoms with Crippen LogP contribution in [0.2, 0.25) is 5.02 Å². The van der Waals surface area contributed by atoms with E-state index in [4.69, 9.17) is 32.8 Å². The highest BCUT2D eigenvalue weighted by molar-refractivity contribution is 6.31. The number of nitrogens with zero attached hydrogens (tertiary/aromatic N) is 3. The van der Waals surface area contributed by atoms with Gasteiger partial charge >= 0.3 is 0 Å². The van der Waals surface area contributed by atoms with Gasteiger partial charge < -0.3 is 16.2 Å². The molecular weight excluding hydrogens is 374 g/mol. The number of benzene rings is 2. The number of hydrogen-bond acceptors (Lipinski definition) is 6. The first kappa shape index (κ1) is 18.6. The topological polar surface area (TPSA) is 89.2 Å². The third-order valence-corrected chi connectivity index (χ3v) is 5.49. The Bertz CT molecular complexity index is 906. The number of hydrogen-bond donors (Lipinski definition) is 2. The molecule has 0 saturated heterocycles. The number of guanidine groups is 2. The maximum Gasteiger partial charge on any atom is 0.220 e. The smallest absolute Gasteiger partial charge is 0.220 e. The zero-order valence-electron chi connectivity index (χ0n) is 15.6. The first-order valence-corrected chi connectivity index (χ1v) is 9.91. The molecule has 0 bridgehead atoms. The van der Waals surface area contributed by atoms with Crippen LogP contribution in [0.15, 0.2) is 58.5 Å². The predicted octanol–water partition coefficient (Wildman–Crippen LogP) is 4.03. The maximum absolute atomic E-state index is 6.35. The molecule has 1 aliphatic carbocycles. The molecule has 1 heterocycles. The summed E-state index contributed by atoms with van der Waals surface area (Å²) in [4.78, 5) is 10.9. The molecule has 1 saturated carbocycles. The number of nitrogens with two attached hydrogens (primary N) is 2. The van der Waals surface area contributed by atoms with E-state index in [1.165, 1.54) is 6.42 Å². The van der Waals surface area contributed by atoms with Crippen molar-refractivity contribution in [1.29, 1.82) is 0 Å². The Morgan fingerprint density at radius 3 is 2.54 bits per heavy atom. The Hall–Kier alpha value is -2.73. The molecule has 6 nitrogen and oxygen atoms in total. The molecule has 4 rings (SSSR count). The second-order valence-electron chi connectivity index (χ2n) is 7.20. The Balaban J connectivity index is 1.72. The summed E-state index contributed by atoms with van der Waals surface area (Å²) in [5, 5.41) is 0.600. The van der Waals surface area contributed by atoms with Crippen LogP contribution in [0.3, 0.4) is 0 Å². The molecule has 0 aromatic heterocycles. The van der Waals surface area contributed by atoms with Crippen LogP contribution in [0.4, 0.5) is 5.69 Å². The average Bonchev–Trinajstić information content (AvgIpc) is 2.68. The first-order valence-electron chi connectivity index (χ1n) is 9.53. The molecule has 1 fully saturated rings. The van der Waals surface area contributed by atoms with Crippen LogP contribution in [0.1, 0.15) is 37.7 Å². The summed E-state index contributed by atoms with van der Waals surface area (Å²) in [7, 11) is 0. The van der Waals surface area contributed by atoms with Gasteiger partial charge in [0.15, 0.2) is 0 Å². The number of rotatable bonds is 4. The van der Waals surface area contributed by atoms with Gasteiger partial charge in [-0.1, -0.05) is 48.4 Å². The lowest BCUT2D eigenvalue weighted by Gasteiger charge is -2.46. The minimum atomic E-state index is -0.538. The van der Waals surface area contributed by atoms with Crippen molar-refractivity contribution in [2.24, 2.45) is 21.5 Å². The van der Waals surface area contributed by atoms with Gasteiger partial charge in [0.05, 0.1) is 5.69 Å². The van der Waals surface area contributed by atoms with E-state index < -0.39 is 5.66 Å². The fourth-order valence-electron chi connectivity index (χ4n) is 3.99. The average molecular weight is 398 g/mol. The van der Waals surface area contributed by atoms with Crippen LogP contribution in [-0.2, 0) is 6.61 Å². The monoisotopic (exact) mass is 397 g/mol. The van der Waals surface area contributed by atoms with E-state index in [9.17, 15) is 0 Å². The molecule has 0 amide bonds. The Morgan fingerprint density at radius 1 is 1.04 bits per heavy atom. The standard InChI is InChI=1S/C21H24ClN5O/c22-16-9-10-18(28-14-15-7-3-1-4-8-15)17(13-16)27-20(24)25-19(23)26-21(27)11-5-2-6-12-21/h1,3-4,7-10,13H,2,5-6,11-12,14H2,(H4,23,24,25,26). The quantitative estimate of drug-likeness (QED) is 0.815. The Kier molecular flexibility index (Phi) is 5.13. The van der Waals surface area contributed by atoms with Crippen LogP contribution >= 0.6 is 11.6 Å². The summed E-state index contributed by atoms with van der Waals surface area (Å²) in [5.41, 5.74) is 13.6. The minimum Gasteiger partial charge on any atom is -0.487 e. The number of aliphatic imine (C=N–C) groups is 2. The van der Waals surface area contributed by atoms with Gasteiger partial charge in [-0.25, -0.2) is 4.99 Å². The van der Waals surface area contributed by atoms with E-state index in [1.807, 2.05) is 53.4 Å². The summed E-state index contributed by atoms with van der Waals surface area (Å²) in [5.74, 6) is 1.23. The normalized spacial score (nSPS) is 18.5. The van der Waals surface area contributed by atoms with Gasteiger partial charge in [0, 0.05) is 5.02 Å². The lowest BCUT2D eigenvalue weighted by atomic mass is 9.87. The molecular formula is C21H24ClN5O. The van der Waals surface area contributed by atoms with Crippen molar-refractivity contribution < 1.29 is 4.74 Å². The van der Waals surface area contributed by atoms with E-state index in [0.29, 0.717) is 23.3 Å². The van der Waals surface area contributed by atoms with E-state index in [1.54, 1.807) is 0 Å². The van der Waals surface area contributed by atoms with Gasteiger partial charge in [-0.05, 0) is 49.4 Å². The molecule has 0 radical (unpaired) electrons. The predicted molar refractivity (Wildman–Crippen MR) is 114 cm³/mol. The van der Waals surface area contributed by atoms with Crippen LogP contribution in [0, 0.1) is 0 Å². The van der Waals surface area contributed by atoms with Crippen LogP contribution in [0.5, 0.6) is 5.75 Å². The summed E-state index contributed by atoms with van der Waals surface area (Å²) in [6.45, 7) is 0.443. The zero-order chi connectivity index (χ0) is 19.6. The fraction of sp³-hybridized carbons (Fsp3) is 0.333. The lowest BCUT2D eigenvalue weighted by Crippen LogP contribution is -2.58. The molecule has 1 spiro atoms. The van der Waals surface area contributed by atoms with Gasteiger partial charge in [0.2, 0.25) is 11.9 Å². The number of anilines is 1. The van der Waals surface area contributed by atoms with Crippen molar-refractivity contribution in [2.45, 2.75) is 44.4 Å². The second-order valence-corrected chi connectivity index (χ2v) is 7.64. The molecule has 0 unspecified atom stereocenters. The molecule has 146 valence electrons. The molecule has 4 N–H and O–H groups in total. The molecule has 0 atom stereocenters. The van der Waals surface area contributed by atoms with Gasteiger partial charge in [0.1, 0.15) is 18.0 Å². The second kappa shape index (κ2) is 7.72. The third kappa shape index (κ3) is 3.64. The van der Waals surface area contributed by atoms with Crippen molar-refractivity contribution in [2.75, 3.05) is 4.90 Å². The van der Waals surface area contributed by atoms with Crippen molar-refractivity contribution in [1.82, 2.24) is 0 Å². The highest BCUT2D eigenvalue weighted by Crippen LogP contribution is 2.43. The highest BCUT2D eigenvalue weighted by Gasteiger charge is 2.43. The van der Waals surface area contributed by atoms with Crippen LogP contribution < -0.4 is 21.1 Å². The van der Waals surface area contributed by atoms with Crippen molar-refractivity contribution >= 4 is 29.2 Å². The summed E-state index contributed by atoms with van der Waals surface area (Å²) in [6.07, 6.45) is 5.00. The van der Waals surface area contributed by atoms with Crippen LogP contribution in [-0.4, -0.2) is 17.6 Å². The first-order chi connectivity index (χ1) is 13.6. The van der Waals surface area contributed by atoms with Crippen molar-refractivity contribution in [3.8, 4) is 5.75 Å². The van der Waals surface area contributed by atoms with E-state index in [2.05, 4.69) is 4.99 Å². The van der Waals surface area contributed by atoms with E-state index in [0.717, 1.165) is 36.9 Å². The Labute approximate surface area is 169 Å². The van der Waals surface area contributed by atoms with E-state index >= 15 is 0 Å². The van der Waals surface area contributed by atoms with Gasteiger partial charge in [-0.2, -0.15) is 4.99 Å². The Morgan fingerprint density at radius 2 is 1.79 bits per heavy atom. The molecule has 28 heavy (non-hydrogen) atoms. The summed E-state index contributed by atoms with van der Waals surface area (Å²) < 4.78 is 6.15. The number of ether oxygens (including phenoxy) is 1. The van der Waals surface area contributed by atoms with Gasteiger partial charge in [-0.15, -0.1) is 0 Å². The lowest BCUT2D eigenvalue weighted by molar-refractivity contribution is 0.290. The zero-order valence-corrected chi connectivity index (χ0v) is 16.4. The SMILES string of the molecule is NC1=NC2(CCCCC2)N(c2cc(Cl)ccc2OCc2ccccc2)C(N)=N1. The van der Waals surface area contributed by atoms with Gasteiger partial charge in [-0.3, -0.25) is 4.90 Å². The maximum atomic E-state index is 6.35. The third-order valence-electron chi connectivity index (χ3n) is 5.25. The van der Waals surface area contributed by atoms with Crippen LogP contribution in [0.25, 0.3) is 0 Å². The molecule has 1 aliphatic heterocycles.